The Balaban J connectivity index is 1.61. The zero-order valence-electron chi connectivity index (χ0n) is 14.2. The lowest BCUT2D eigenvalue weighted by Gasteiger charge is -2.32. The number of aryl methyl sites for hydroxylation is 1. The number of carbonyl (C=O) groups excluding carboxylic acids is 1. The van der Waals surface area contributed by atoms with Crippen LogP contribution in [0, 0.1) is 6.92 Å². The zero-order chi connectivity index (χ0) is 17.2. The van der Waals surface area contributed by atoms with Gasteiger partial charge in [-0.15, -0.1) is 0 Å². The standard InChI is InChI=1S/C20H20N4O/c1-14-21-11-9-18(23-14)16-6-4-12-24(13-16)20(25)19-17-7-3-2-5-15(17)8-10-22-19/h2-3,5,7-11,16H,4,6,12-13H2,1H3/t16-/m1/s1. The summed E-state index contributed by atoms with van der Waals surface area (Å²) in [4.78, 5) is 28.1. The maximum atomic E-state index is 13.1. The summed E-state index contributed by atoms with van der Waals surface area (Å²) in [6.07, 6.45) is 5.53. The average molecular weight is 332 g/mol. The Morgan fingerprint density at radius 3 is 2.84 bits per heavy atom. The summed E-state index contributed by atoms with van der Waals surface area (Å²) in [5.74, 6) is 1.04. The van der Waals surface area contributed by atoms with Crippen molar-refractivity contribution in [1.29, 1.82) is 0 Å². The zero-order valence-corrected chi connectivity index (χ0v) is 14.2. The van der Waals surface area contributed by atoms with Crippen LogP contribution in [0.2, 0.25) is 0 Å². The molecular formula is C20H20N4O. The van der Waals surface area contributed by atoms with Gasteiger partial charge in [0, 0.05) is 42.5 Å². The van der Waals surface area contributed by atoms with Crippen LogP contribution < -0.4 is 0 Å². The van der Waals surface area contributed by atoms with E-state index >= 15 is 0 Å². The lowest BCUT2D eigenvalue weighted by molar-refractivity contribution is 0.0702. The van der Waals surface area contributed by atoms with E-state index in [4.69, 9.17) is 0 Å². The molecule has 1 amide bonds. The van der Waals surface area contributed by atoms with E-state index in [1.807, 2.05) is 48.2 Å². The Morgan fingerprint density at radius 1 is 1.12 bits per heavy atom. The number of hydrogen-bond donors (Lipinski definition) is 0. The van der Waals surface area contributed by atoms with Crippen molar-refractivity contribution in [3.05, 3.63) is 66.0 Å². The van der Waals surface area contributed by atoms with Gasteiger partial charge in [0.2, 0.25) is 0 Å². The van der Waals surface area contributed by atoms with Crippen LogP contribution in [0.15, 0.2) is 48.8 Å². The number of likely N-dealkylation sites (tertiary alicyclic amines) is 1. The Labute approximate surface area is 146 Å². The summed E-state index contributed by atoms with van der Waals surface area (Å²) in [5.41, 5.74) is 1.56. The predicted octanol–water partition coefficient (Wildman–Crippen LogP) is 3.35. The van der Waals surface area contributed by atoms with Crippen molar-refractivity contribution in [1.82, 2.24) is 19.9 Å². The fourth-order valence-electron chi connectivity index (χ4n) is 3.54. The summed E-state index contributed by atoms with van der Waals surface area (Å²) in [5, 5.41) is 1.95. The van der Waals surface area contributed by atoms with E-state index in [1.54, 1.807) is 12.4 Å². The van der Waals surface area contributed by atoms with Gasteiger partial charge in [-0.1, -0.05) is 24.3 Å². The molecule has 0 spiro atoms. The first kappa shape index (κ1) is 15.7. The van der Waals surface area contributed by atoms with E-state index in [0.717, 1.165) is 41.7 Å². The molecule has 1 atom stereocenters. The largest absolute Gasteiger partial charge is 0.337 e. The number of rotatable bonds is 2. The number of hydrogen-bond acceptors (Lipinski definition) is 4. The van der Waals surface area contributed by atoms with E-state index in [1.165, 1.54) is 0 Å². The molecule has 3 heterocycles. The van der Waals surface area contributed by atoms with Crippen LogP contribution in [0.5, 0.6) is 0 Å². The molecule has 0 saturated carbocycles. The average Bonchev–Trinajstić information content (AvgIpc) is 2.67. The number of carbonyl (C=O) groups is 1. The first-order valence-corrected chi connectivity index (χ1v) is 8.65. The molecule has 126 valence electrons. The van der Waals surface area contributed by atoms with Gasteiger partial charge in [0.15, 0.2) is 0 Å². The van der Waals surface area contributed by atoms with Crippen molar-refractivity contribution < 1.29 is 4.79 Å². The van der Waals surface area contributed by atoms with Crippen molar-refractivity contribution in [3.63, 3.8) is 0 Å². The number of piperidine rings is 1. The molecule has 3 aromatic rings. The second-order valence-corrected chi connectivity index (χ2v) is 6.50. The first-order chi connectivity index (χ1) is 12.2. The summed E-state index contributed by atoms with van der Waals surface area (Å²) in [7, 11) is 0. The fourth-order valence-corrected chi connectivity index (χ4v) is 3.54. The number of pyridine rings is 1. The monoisotopic (exact) mass is 332 g/mol. The van der Waals surface area contributed by atoms with Crippen molar-refractivity contribution in [3.8, 4) is 0 Å². The molecule has 1 aromatic carbocycles. The second-order valence-electron chi connectivity index (χ2n) is 6.50. The molecule has 0 N–H and O–H groups in total. The van der Waals surface area contributed by atoms with Gasteiger partial charge in [-0.3, -0.25) is 9.78 Å². The van der Waals surface area contributed by atoms with Gasteiger partial charge in [-0.05, 0) is 37.3 Å². The Kier molecular flexibility index (Phi) is 4.14. The minimum absolute atomic E-state index is 0.00674. The minimum atomic E-state index is 0.00674. The lowest BCUT2D eigenvalue weighted by Crippen LogP contribution is -2.39. The Hall–Kier alpha value is -2.82. The molecular weight excluding hydrogens is 312 g/mol. The molecule has 1 aliphatic heterocycles. The van der Waals surface area contributed by atoms with Crippen molar-refractivity contribution in [2.45, 2.75) is 25.7 Å². The van der Waals surface area contributed by atoms with Gasteiger partial charge in [0.25, 0.3) is 5.91 Å². The van der Waals surface area contributed by atoms with Gasteiger partial charge >= 0.3 is 0 Å². The predicted molar refractivity (Wildman–Crippen MR) is 96.4 cm³/mol. The van der Waals surface area contributed by atoms with Crippen LogP contribution in [0.1, 0.15) is 40.8 Å². The second kappa shape index (κ2) is 6.59. The topological polar surface area (TPSA) is 59.0 Å². The van der Waals surface area contributed by atoms with E-state index in [2.05, 4.69) is 15.0 Å². The molecule has 1 fully saturated rings. The van der Waals surface area contributed by atoms with Gasteiger partial charge in [0.05, 0.1) is 0 Å². The number of nitrogens with zero attached hydrogens (tertiary/aromatic N) is 4. The number of aromatic nitrogens is 3. The van der Waals surface area contributed by atoms with Crippen molar-refractivity contribution in [2.75, 3.05) is 13.1 Å². The van der Waals surface area contributed by atoms with Crippen LogP contribution in [-0.4, -0.2) is 38.8 Å². The first-order valence-electron chi connectivity index (χ1n) is 8.65. The van der Waals surface area contributed by atoms with Crippen LogP contribution in [0.4, 0.5) is 0 Å². The Bertz CT molecular complexity index is 919. The molecule has 1 saturated heterocycles. The smallest absolute Gasteiger partial charge is 0.273 e. The molecule has 5 heteroatoms. The molecule has 0 bridgehead atoms. The quantitative estimate of drug-likeness (QED) is 0.722. The van der Waals surface area contributed by atoms with Crippen LogP contribution >= 0.6 is 0 Å². The minimum Gasteiger partial charge on any atom is -0.337 e. The van der Waals surface area contributed by atoms with E-state index in [9.17, 15) is 4.79 Å². The highest BCUT2D eigenvalue weighted by molar-refractivity contribution is 6.05. The molecule has 2 aromatic heterocycles. The summed E-state index contributed by atoms with van der Waals surface area (Å²) >= 11 is 0. The van der Waals surface area contributed by atoms with Crippen LogP contribution in [-0.2, 0) is 0 Å². The summed E-state index contributed by atoms with van der Waals surface area (Å²) in [6, 6.07) is 11.8. The maximum absolute atomic E-state index is 13.1. The summed E-state index contributed by atoms with van der Waals surface area (Å²) in [6.45, 7) is 3.35. The molecule has 25 heavy (non-hydrogen) atoms. The molecule has 4 rings (SSSR count). The molecule has 0 aliphatic carbocycles. The molecule has 0 unspecified atom stereocenters. The van der Waals surface area contributed by atoms with Crippen LogP contribution in [0.25, 0.3) is 10.8 Å². The third-order valence-corrected chi connectivity index (χ3v) is 4.80. The van der Waals surface area contributed by atoms with Crippen LogP contribution in [0.3, 0.4) is 0 Å². The molecule has 5 nitrogen and oxygen atoms in total. The number of fused-ring (bicyclic) bond motifs is 1. The summed E-state index contributed by atoms with van der Waals surface area (Å²) < 4.78 is 0. The number of benzene rings is 1. The SMILES string of the molecule is Cc1nccc([C@@H]2CCCN(C(=O)c3nccc4ccccc34)C2)n1. The van der Waals surface area contributed by atoms with Gasteiger partial charge in [-0.25, -0.2) is 9.97 Å². The molecule has 0 radical (unpaired) electrons. The third kappa shape index (κ3) is 3.09. The van der Waals surface area contributed by atoms with Crippen molar-refractivity contribution >= 4 is 16.7 Å². The fraction of sp³-hybridized carbons (Fsp3) is 0.300. The highest BCUT2D eigenvalue weighted by Crippen LogP contribution is 2.27. The molecule has 1 aliphatic rings. The highest BCUT2D eigenvalue weighted by atomic mass is 16.2. The highest BCUT2D eigenvalue weighted by Gasteiger charge is 2.27. The normalized spacial score (nSPS) is 17.6. The lowest BCUT2D eigenvalue weighted by atomic mass is 9.94. The van der Waals surface area contributed by atoms with E-state index in [0.29, 0.717) is 12.2 Å². The van der Waals surface area contributed by atoms with Gasteiger partial charge in [-0.2, -0.15) is 0 Å². The Morgan fingerprint density at radius 2 is 1.96 bits per heavy atom. The third-order valence-electron chi connectivity index (χ3n) is 4.80. The van der Waals surface area contributed by atoms with Gasteiger partial charge in [0.1, 0.15) is 11.5 Å². The van der Waals surface area contributed by atoms with E-state index in [-0.39, 0.29) is 11.8 Å². The maximum Gasteiger partial charge on any atom is 0.273 e. The number of amides is 1. The van der Waals surface area contributed by atoms with E-state index < -0.39 is 0 Å². The van der Waals surface area contributed by atoms with Gasteiger partial charge < -0.3 is 4.90 Å². The van der Waals surface area contributed by atoms with Crippen molar-refractivity contribution in [2.24, 2.45) is 0 Å².